The Labute approximate surface area is 191 Å². The Bertz CT molecular complexity index is 909. The smallest absolute Gasteiger partial charge is 0.219 e. The molecule has 0 spiro atoms. The Kier molecular flexibility index (Phi) is 7.25. The van der Waals surface area contributed by atoms with Crippen molar-refractivity contribution < 1.29 is 4.79 Å². The molecule has 3 heterocycles. The maximum Gasteiger partial charge on any atom is 0.219 e. The SMILES string of the molecule is CNc1cc([C@H]2CCCN(Cc3ccc(N4CCCC4)cc3)C2)nc(CN(C)C(C)=O)n1. The Morgan fingerprint density at radius 2 is 1.88 bits per heavy atom. The molecule has 172 valence electrons. The van der Waals surface area contributed by atoms with Gasteiger partial charge in [0.1, 0.15) is 11.6 Å². The molecule has 2 saturated heterocycles. The topological polar surface area (TPSA) is 64.6 Å². The third kappa shape index (κ3) is 5.57. The summed E-state index contributed by atoms with van der Waals surface area (Å²) < 4.78 is 0. The van der Waals surface area contributed by atoms with Crippen molar-refractivity contribution in [2.75, 3.05) is 50.5 Å². The van der Waals surface area contributed by atoms with E-state index in [1.54, 1.807) is 18.9 Å². The van der Waals surface area contributed by atoms with E-state index in [1.165, 1.54) is 37.2 Å². The molecule has 0 bridgehead atoms. The Hall–Kier alpha value is -2.67. The van der Waals surface area contributed by atoms with E-state index in [1.807, 2.05) is 7.05 Å². The van der Waals surface area contributed by atoms with E-state index in [-0.39, 0.29) is 5.91 Å². The van der Waals surface area contributed by atoms with Gasteiger partial charge in [0.15, 0.2) is 0 Å². The molecule has 1 amide bonds. The fourth-order valence-electron chi connectivity index (χ4n) is 4.74. The second-order valence-electron chi connectivity index (χ2n) is 9.15. The van der Waals surface area contributed by atoms with E-state index in [2.05, 4.69) is 50.4 Å². The van der Waals surface area contributed by atoms with E-state index in [9.17, 15) is 4.79 Å². The highest BCUT2D eigenvalue weighted by Crippen LogP contribution is 2.28. The summed E-state index contributed by atoms with van der Waals surface area (Å²) in [6.45, 7) is 7.46. The molecule has 1 aromatic heterocycles. The summed E-state index contributed by atoms with van der Waals surface area (Å²) >= 11 is 0. The lowest BCUT2D eigenvalue weighted by molar-refractivity contribution is -0.128. The first kappa shape index (κ1) is 22.5. The van der Waals surface area contributed by atoms with Crippen LogP contribution >= 0.6 is 0 Å². The van der Waals surface area contributed by atoms with Crippen LogP contribution in [-0.4, -0.2) is 65.9 Å². The third-order valence-electron chi connectivity index (χ3n) is 6.70. The molecular formula is C25H36N6O. The first-order valence-corrected chi connectivity index (χ1v) is 11.9. The third-order valence-corrected chi connectivity index (χ3v) is 6.70. The number of nitrogens with zero attached hydrogens (tertiary/aromatic N) is 5. The summed E-state index contributed by atoms with van der Waals surface area (Å²) in [5.41, 5.74) is 3.80. The zero-order valence-corrected chi connectivity index (χ0v) is 19.7. The highest BCUT2D eigenvalue weighted by Gasteiger charge is 2.24. The van der Waals surface area contributed by atoms with Crippen LogP contribution in [0.4, 0.5) is 11.5 Å². The zero-order chi connectivity index (χ0) is 22.5. The first-order valence-electron chi connectivity index (χ1n) is 11.9. The van der Waals surface area contributed by atoms with E-state index < -0.39 is 0 Å². The van der Waals surface area contributed by atoms with Gasteiger partial charge >= 0.3 is 0 Å². The van der Waals surface area contributed by atoms with E-state index in [4.69, 9.17) is 4.98 Å². The molecule has 0 saturated carbocycles. The highest BCUT2D eigenvalue weighted by atomic mass is 16.2. The minimum Gasteiger partial charge on any atom is -0.373 e. The molecule has 7 nitrogen and oxygen atoms in total. The molecule has 2 aliphatic rings. The molecule has 0 unspecified atom stereocenters. The monoisotopic (exact) mass is 436 g/mol. The van der Waals surface area contributed by atoms with Crippen LogP contribution in [0.25, 0.3) is 0 Å². The van der Waals surface area contributed by atoms with E-state index in [0.29, 0.717) is 18.3 Å². The molecule has 1 N–H and O–H groups in total. The van der Waals surface area contributed by atoms with Crippen LogP contribution in [0.15, 0.2) is 30.3 Å². The van der Waals surface area contributed by atoms with Crippen molar-refractivity contribution in [1.82, 2.24) is 19.8 Å². The summed E-state index contributed by atoms with van der Waals surface area (Å²) in [5, 5.41) is 3.16. The lowest BCUT2D eigenvalue weighted by Gasteiger charge is -2.33. The number of anilines is 2. The number of rotatable bonds is 7. The van der Waals surface area contributed by atoms with Gasteiger partial charge in [-0.25, -0.2) is 9.97 Å². The second-order valence-corrected chi connectivity index (χ2v) is 9.15. The predicted molar refractivity (Wildman–Crippen MR) is 129 cm³/mol. The second kappa shape index (κ2) is 10.3. The van der Waals surface area contributed by atoms with Gasteiger partial charge in [-0.15, -0.1) is 0 Å². The maximum absolute atomic E-state index is 11.6. The van der Waals surface area contributed by atoms with Gasteiger partial charge in [-0.2, -0.15) is 0 Å². The molecule has 1 aromatic carbocycles. The van der Waals surface area contributed by atoms with Gasteiger partial charge in [-0.05, 0) is 49.9 Å². The summed E-state index contributed by atoms with van der Waals surface area (Å²) in [7, 11) is 3.67. The number of likely N-dealkylation sites (tertiary alicyclic amines) is 1. The van der Waals surface area contributed by atoms with Gasteiger partial charge < -0.3 is 15.1 Å². The van der Waals surface area contributed by atoms with Crippen LogP contribution < -0.4 is 10.2 Å². The van der Waals surface area contributed by atoms with Gasteiger partial charge in [0.25, 0.3) is 0 Å². The van der Waals surface area contributed by atoms with Gasteiger partial charge in [0.2, 0.25) is 5.91 Å². The molecule has 2 aliphatic heterocycles. The van der Waals surface area contributed by atoms with Crippen LogP contribution in [0.1, 0.15) is 55.6 Å². The number of carbonyl (C=O) groups is 1. The Morgan fingerprint density at radius 1 is 1.12 bits per heavy atom. The lowest BCUT2D eigenvalue weighted by atomic mass is 9.94. The van der Waals surface area contributed by atoms with Gasteiger partial charge in [-0.1, -0.05) is 12.1 Å². The predicted octanol–water partition coefficient (Wildman–Crippen LogP) is 3.48. The number of carbonyl (C=O) groups excluding carboxylic acids is 1. The summed E-state index contributed by atoms with van der Waals surface area (Å²) in [5.74, 6) is 1.91. The standard InChI is InChI=1S/C25H36N6O/c1-19(32)29(3)18-25-27-23(15-24(26-2)28-25)21-7-6-12-30(17-21)16-20-8-10-22(11-9-20)31-13-4-5-14-31/h8-11,15,21H,4-7,12-14,16-18H2,1-3H3,(H,26,27,28)/t21-/m0/s1. The molecule has 32 heavy (non-hydrogen) atoms. The average molecular weight is 437 g/mol. The zero-order valence-electron chi connectivity index (χ0n) is 19.7. The van der Waals surface area contributed by atoms with Crippen molar-refractivity contribution in [2.45, 2.75) is 51.6 Å². The molecule has 0 radical (unpaired) electrons. The number of hydrogen-bond acceptors (Lipinski definition) is 6. The van der Waals surface area contributed by atoms with Crippen molar-refractivity contribution >= 4 is 17.4 Å². The van der Waals surface area contributed by atoms with Crippen molar-refractivity contribution in [3.05, 3.63) is 47.4 Å². The fourth-order valence-corrected chi connectivity index (χ4v) is 4.74. The minimum atomic E-state index is 0.0182. The van der Waals surface area contributed by atoms with Crippen molar-refractivity contribution in [3.8, 4) is 0 Å². The quantitative estimate of drug-likeness (QED) is 0.717. The van der Waals surface area contributed by atoms with Gasteiger partial charge in [0, 0.05) is 64.9 Å². The molecule has 1 atom stereocenters. The Balaban J connectivity index is 1.42. The minimum absolute atomic E-state index is 0.0182. The highest BCUT2D eigenvalue weighted by molar-refractivity contribution is 5.72. The van der Waals surface area contributed by atoms with Crippen LogP contribution in [0.3, 0.4) is 0 Å². The summed E-state index contributed by atoms with van der Waals surface area (Å²) in [6, 6.07) is 11.2. The fraction of sp³-hybridized carbons (Fsp3) is 0.560. The molecule has 2 fully saturated rings. The van der Waals surface area contributed by atoms with E-state index in [0.717, 1.165) is 44.0 Å². The normalized spacial score (nSPS) is 19.2. The van der Waals surface area contributed by atoms with Crippen LogP contribution in [0.5, 0.6) is 0 Å². The number of piperidine rings is 1. The largest absolute Gasteiger partial charge is 0.373 e. The number of aromatic nitrogens is 2. The van der Waals surface area contributed by atoms with Crippen LogP contribution in [0, 0.1) is 0 Å². The van der Waals surface area contributed by atoms with E-state index >= 15 is 0 Å². The van der Waals surface area contributed by atoms with Crippen LogP contribution in [0.2, 0.25) is 0 Å². The number of amides is 1. The number of benzene rings is 1. The molecule has 0 aliphatic carbocycles. The molecular weight excluding hydrogens is 400 g/mol. The summed E-state index contributed by atoms with van der Waals surface area (Å²) in [4.78, 5) is 27.7. The average Bonchev–Trinajstić information content (AvgIpc) is 3.34. The maximum atomic E-state index is 11.6. The van der Waals surface area contributed by atoms with Gasteiger partial charge in [0.05, 0.1) is 12.2 Å². The Morgan fingerprint density at radius 3 is 2.56 bits per heavy atom. The lowest BCUT2D eigenvalue weighted by Crippen LogP contribution is -2.34. The number of hydrogen-bond donors (Lipinski definition) is 1. The summed E-state index contributed by atoms with van der Waals surface area (Å²) in [6.07, 6.45) is 4.91. The first-order chi connectivity index (χ1) is 15.5. The van der Waals surface area contributed by atoms with Crippen molar-refractivity contribution in [2.24, 2.45) is 0 Å². The molecule has 2 aromatic rings. The molecule has 4 rings (SSSR count). The van der Waals surface area contributed by atoms with Crippen LogP contribution in [-0.2, 0) is 17.9 Å². The van der Waals surface area contributed by atoms with Crippen molar-refractivity contribution in [3.63, 3.8) is 0 Å². The molecule has 7 heteroatoms. The van der Waals surface area contributed by atoms with Gasteiger partial charge in [-0.3, -0.25) is 9.69 Å². The van der Waals surface area contributed by atoms with Crippen molar-refractivity contribution in [1.29, 1.82) is 0 Å². The number of nitrogens with one attached hydrogen (secondary N) is 1.